The summed E-state index contributed by atoms with van der Waals surface area (Å²) in [7, 11) is 0. The molecule has 0 amide bonds. The molecule has 2 aromatic rings. The molecule has 0 unspecified atom stereocenters. The first kappa shape index (κ1) is 12.1. The van der Waals surface area contributed by atoms with E-state index >= 15 is 0 Å². The van der Waals surface area contributed by atoms with Crippen molar-refractivity contribution in [3.63, 3.8) is 0 Å². The van der Waals surface area contributed by atoms with Gasteiger partial charge in [0.15, 0.2) is 5.69 Å². The fraction of sp³-hybridized carbons (Fsp3) is 0.250. The van der Waals surface area contributed by atoms with Crippen molar-refractivity contribution in [1.82, 2.24) is 14.5 Å². The molecule has 0 saturated heterocycles. The topological polar surface area (TPSA) is 83.0 Å². The van der Waals surface area contributed by atoms with Crippen molar-refractivity contribution in [1.29, 1.82) is 0 Å². The SMILES string of the molecule is CCOC(=O)c1ncn(-c2cccc(C)n2)c1N. The first-order valence-electron chi connectivity index (χ1n) is 5.57. The van der Waals surface area contributed by atoms with E-state index < -0.39 is 5.97 Å². The molecule has 0 radical (unpaired) electrons. The van der Waals surface area contributed by atoms with Crippen LogP contribution >= 0.6 is 0 Å². The first-order chi connectivity index (χ1) is 8.63. The zero-order valence-corrected chi connectivity index (χ0v) is 10.3. The van der Waals surface area contributed by atoms with E-state index in [0.717, 1.165) is 5.69 Å². The van der Waals surface area contributed by atoms with Crippen LogP contribution < -0.4 is 5.73 Å². The van der Waals surface area contributed by atoms with E-state index in [1.54, 1.807) is 17.6 Å². The lowest BCUT2D eigenvalue weighted by Crippen LogP contribution is -2.10. The van der Waals surface area contributed by atoms with Crippen LogP contribution in [0.1, 0.15) is 23.1 Å². The highest BCUT2D eigenvalue weighted by Gasteiger charge is 2.17. The number of nitrogen functional groups attached to an aromatic ring is 1. The lowest BCUT2D eigenvalue weighted by atomic mass is 10.3. The monoisotopic (exact) mass is 246 g/mol. The molecule has 2 rings (SSSR count). The molecular weight excluding hydrogens is 232 g/mol. The molecule has 6 heteroatoms. The Morgan fingerprint density at radius 3 is 2.94 bits per heavy atom. The number of nitrogens with zero attached hydrogens (tertiary/aromatic N) is 3. The average Bonchev–Trinajstić information content (AvgIpc) is 2.71. The fourth-order valence-electron chi connectivity index (χ4n) is 1.56. The van der Waals surface area contributed by atoms with Crippen molar-refractivity contribution in [3.8, 4) is 5.82 Å². The van der Waals surface area contributed by atoms with Crippen molar-refractivity contribution in [3.05, 3.63) is 35.9 Å². The zero-order chi connectivity index (χ0) is 13.1. The summed E-state index contributed by atoms with van der Waals surface area (Å²) in [5.74, 6) is 0.323. The highest BCUT2D eigenvalue weighted by Crippen LogP contribution is 2.16. The number of rotatable bonds is 3. The van der Waals surface area contributed by atoms with Crippen LogP contribution in [0.4, 0.5) is 5.82 Å². The summed E-state index contributed by atoms with van der Waals surface area (Å²) in [6.07, 6.45) is 1.46. The van der Waals surface area contributed by atoms with E-state index in [0.29, 0.717) is 5.82 Å². The van der Waals surface area contributed by atoms with E-state index in [2.05, 4.69) is 9.97 Å². The van der Waals surface area contributed by atoms with Crippen LogP contribution in [0.5, 0.6) is 0 Å². The quantitative estimate of drug-likeness (QED) is 0.826. The van der Waals surface area contributed by atoms with Crippen LogP contribution in [0.15, 0.2) is 24.5 Å². The van der Waals surface area contributed by atoms with E-state index in [1.165, 1.54) is 6.33 Å². The number of carbonyl (C=O) groups is 1. The van der Waals surface area contributed by atoms with Gasteiger partial charge < -0.3 is 10.5 Å². The van der Waals surface area contributed by atoms with Crippen molar-refractivity contribution in [2.45, 2.75) is 13.8 Å². The van der Waals surface area contributed by atoms with Gasteiger partial charge >= 0.3 is 5.97 Å². The Kier molecular flexibility index (Phi) is 3.27. The smallest absolute Gasteiger partial charge is 0.360 e. The van der Waals surface area contributed by atoms with Gasteiger partial charge in [0.1, 0.15) is 18.0 Å². The maximum atomic E-state index is 11.6. The number of nitrogens with two attached hydrogens (primary N) is 1. The van der Waals surface area contributed by atoms with Crippen LogP contribution in [0.2, 0.25) is 0 Å². The molecular formula is C12H14N4O2. The van der Waals surface area contributed by atoms with Gasteiger partial charge in [0, 0.05) is 5.69 Å². The third kappa shape index (κ3) is 2.17. The molecule has 0 aliphatic rings. The van der Waals surface area contributed by atoms with Crippen molar-refractivity contribution < 1.29 is 9.53 Å². The fourth-order valence-corrected chi connectivity index (χ4v) is 1.56. The summed E-state index contributed by atoms with van der Waals surface area (Å²) in [6, 6.07) is 5.53. The Morgan fingerprint density at radius 2 is 2.28 bits per heavy atom. The number of ether oxygens (including phenoxy) is 1. The summed E-state index contributed by atoms with van der Waals surface area (Å²) in [4.78, 5) is 19.9. The number of aromatic nitrogens is 3. The molecule has 0 aliphatic carbocycles. The van der Waals surface area contributed by atoms with Crippen LogP contribution in [0, 0.1) is 6.92 Å². The average molecular weight is 246 g/mol. The molecule has 2 heterocycles. The van der Waals surface area contributed by atoms with Crippen LogP contribution in [-0.2, 0) is 4.74 Å². The van der Waals surface area contributed by atoms with E-state index in [4.69, 9.17) is 10.5 Å². The lowest BCUT2D eigenvalue weighted by molar-refractivity contribution is 0.0521. The summed E-state index contributed by atoms with van der Waals surface area (Å²) >= 11 is 0. The van der Waals surface area contributed by atoms with Gasteiger partial charge in [0.25, 0.3) is 0 Å². The van der Waals surface area contributed by atoms with Crippen LogP contribution in [-0.4, -0.2) is 27.1 Å². The van der Waals surface area contributed by atoms with Gasteiger partial charge in [-0.3, -0.25) is 4.57 Å². The molecule has 0 fully saturated rings. The summed E-state index contributed by atoms with van der Waals surface area (Å²) in [5.41, 5.74) is 6.85. The molecule has 0 bridgehead atoms. The predicted molar refractivity (Wildman–Crippen MR) is 66.5 cm³/mol. The second-order valence-corrected chi connectivity index (χ2v) is 3.71. The molecule has 0 aromatic carbocycles. The Bertz CT molecular complexity index is 577. The summed E-state index contributed by atoms with van der Waals surface area (Å²) in [6.45, 7) is 3.89. The molecule has 2 N–H and O–H groups in total. The minimum absolute atomic E-state index is 0.111. The number of carbonyl (C=O) groups excluding carboxylic acids is 1. The molecule has 94 valence electrons. The third-order valence-electron chi connectivity index (χ3n) is 2.39. The number of aryl methyl sites for hydroxylation is 1. The molecule has 0 saturated carbocycles. The zero-order valence-electron chi connectivity index (χ0n) is 10.3. The van der Waals surface area contributed by atoms with Crippen LogP contribution in [0.3, 0.4) is 0 Å². The summed E-state index contributed by atoms with van der Waals surface area (Å²) < 4.78 is 6.42. The minimum Gasteiger partial charge on any atom is -0.461 e. The van der Waals surface area contributed by atoms with Crippen molar-refractivity contribution >= 4 is 11.8 Å². The maximum Gasteiger partial charge on any atom is 0.360 e. The van der Waals surface area contributed by atoms with Gasteiger partial charge in [0.05, 0.1) is 6.61 Å². The number of hydrogen-bond donors (Lipinski definition) is 1. The molecule has 0 spiro atoms. The van der Waals surface area contributed by atoms with Crippen molar-refractivity contribution in [2.24, 2.45) is 0 Å². The third-order valence-corrected chi connectivity index (χ3v) is 2.39. The number of imidazole rings is 1. The van der Waals surface area contributed by atoms with Crippen LogP contribution in [0.25, 0.3) is 5.82 Å². The van der Waals surface area contributed by atoms with Gasteiger partial charge in [-0.15, -0.1) is 0 Å². The number of hydrogen-bond acceptors (Lipinski definition) is 5. The normalized spacial score (nSPS) is 10.3. The Morgan fingerprint density at radius 1 is 1.50 bits per heavy atom. The molecule has 0 atom stereocenters. The van der Waals surface area contributed by atoms with E-state index in [-0.39, 0.29) is 18.1 Å². The van der Waals surface area contributed by atoms with Gasteiger partial charge in [0.2, 0.25) is 0 Å². The molecule has 2 aromatic heterocycles. The first-order valence-corrected chi connectivity index (χ1v) is 5.57. The number of esters is 1. The highest BCUT2D eigenvalue weighted by molar-refractivity contribution is 5.92. The maximum absolute atomic E-state index is 11.6. The second-order valence-electron chi connectivity index (χ2n) is 3.71. The second kappa shape index (κ2) is 4.87. The number of pyridine rings is 1. The Labute approximate surface area is 104 Å². The van der Waals surface area contributed by atoms with Gasteiger partial charge in [-0.1, -0.05) is 6.07 Å². The molecule has 6 nitrogen and oxygen atoms in total. The largest absolute Gasteiger partial charge is 0.461 e. The van der Waals surface area contributed by atoms with Gasteiger partial charge in [-0.05, 0) is 26.0 Å². The predicted octanol–water partition coefficient (Wildman–Crippen LogP) is 1.33. The number of anilines is 1. The minimum atomic E-state index is -0.526. The molecule has 0 aliphatic heterocycles. The van der Waals surface area contributed by atoms with E-state index in [9.17, 15) is 4.79 Å². The highest BCUT2D eigenvalue weighted by atomic mass is 16.5. The standard InChI is InChI=1S/C12H14N4O2/c1-3-18-12(17)10-11(13)16(7-14-10)9-6-4-5-8(2)15-9/h4-7H,3,13H2,1-2H3. The summed E-state index contributed by atoms with van der Waals surface area (Å²) in [5, 5.41) is 0. The van der Waals surface area contributed by atoms with E-state index in [1.807, 2.05) is 19.1 Å². The molecule has 18 heavy (non-hydrogen) atoms. The van der Waals surface area contributed by atoms with Gasteiger partial charge in [-0.25, -0.2) is 14.8 Å². The Hall–Kier alpha value is -2.37. The lowest BCUT2D eigenvalue weighted by Gasteiger charge is -2.05. The van der Waals surface area contributed by atoms with Crippen molar-refractivity contribution in [2.75, 3.05) is 12.3 Å². The Balaban J connectivity index is 2.39. The van der Waals surface area contributed by atoms with Gasteiger partial charge in [-0.2, -0.15) is 0 Å².